The maximum Gasteiger partial charge on any atom is 0.0809 e. The van der Waals surface area contributed by atoms with Crippen LogP contribution in [0.5, 0.6) is 0 Å². The van der Waals surface area contributed by atoms with E-state index in [9.17, 15) is 0 Å². The van der Waals surface area contributed by atoms with Crippen LogP contribution in [0.25, 0.3) is 0 Å². The molecule has 1 fully saturated rings. The van der Waals surface area contributed by atoms with Crippen molar-refractivity contribution in [1.82, 2.24) is 0 Å². The van der Waals surface area contributed by atoms with Crippen LogP contribution in [0.4, 0.5) is 0 Å². The van der Waals surface area contributed by atoms with Crippen molar-refractivity contribution in [2.24, 2.45) is 0 Å². The third-order valence-corrected chi connectivity index (χ3v) is 2.73. The normalized spacial score (nSPS) is 19.4. The molecular formula is C13H23NO3. The lowest BCUT2D eigenvalue weighted by molar-refractivity contribution is 0.00910. The Labute approximate surface area is 104 Å². The van der Waals surface area contributed by atoms with Crippen LogP contribution >= 0.6 is 0 Å². The van der Waals surface area contributed by atoms with Crippen LogP contribution in [0.3, 0.4) is 0 Å². The van der Waals surface area contributed by atoms with Crippen LogP contribution in [0, 0.1) is 11.3 Å². The molecule has 0 amide bonds. The molecule has 0 radical (unpaired) electrons. The zero-order chi connectivity index (χ0) is 12.2. The molecule has 0 aliphatic carbocycles. The lowest BCUT2D eigenvalue weighted by atomic mass is 10.2. The first kappa shape index (κ1) is 14.4. The van der Waals surface area contributed by atoms with Gasteiger partial charge in [-0.25, -0.2) is 0 Å². The van der Waals surface area contributed by atoms with Gasteiger partial charge >= 0.3 is 0 Å². The first-order chi connectivity index (χ1) is 8.43. The number of hydrogen-bond acceptors (Lipinski definition) is 4. The Morgan fingerprint density at radius 2 is 1.94 bits per heavy atom. The van der Waals surface area contributed by atoms with Gasteiger partial charge in [-0.3, -0.25) is 0 Å². The minimum atomic E-state index is 0.321. The largest absolute Gasteiger partial charge is 0.381 e. The molecule has 0 N–H and O–H groups in total. The Balaban J connectivity index is 1.71. The highest BCUT2D eigenvalue weighted by molar-refractivity contribution is 4.67. The minimum Gasteiger partial charge on any atom is -0.381 e. The predicted molar refractivity (Wildman–Crippen MR) is 64.7 cm³/mol. The molecule has 98 valence electrons. The van der Waals surface area contributed by atoms with Gasteiger partial charge in [-0.2, -0.15) is 5.26 Å². The lowest BCUT2D eigenvalue weighted by Crippen LogP contribution is -2.15. The summed E-state index contributed by atoms with van der Waals surface area (Å²) < 4.78 is 16.4. The van der Waals surface area contributed by atoms with E-state index in [-0.39, 0.29) is 0 Å². The van der Waals surface area contributed by atoms with Crippen LogP contribution in [0.2, 0.25) is 0 Å². The van der Waals surface area contributed by atoms with Gasteiger partial charge in [0.25, 0.3) is 0 Å². The molecule has 1 aliphatic rings. The zero-order valence-electron chi connectivity index (χ0n) is 10.5. The predicted octanol–water partition coefficient (Wildman–Crippen LogP) is 2.28. The first-order valence-corrected chi connectivity index (χ1v) is 6.57. The van der Waals surface area contributed by atoms with Gasteiger partial charge in [-0.15, -0.1) is 0 Å². The van der Waals surface area contributed by atoms with Crippen LogP contribution < -0.4 is 0 Å². The molecule has 0 aromatic heterocycles. The molecule has 17 heavy (non-hydrogen) atoms. The van der Waals surface area contributed by atoms with Crippen molar-refractivity contribution in [3.63, 3.8) is 0 Å². The fourth-order valence-corrected chi connectivity index (χ4v) is 1.76. The van der Waals surface area contributed by atoms with Gasteiger partial charge in [0.2, 0.25) is 0 Å². The van der Waals surface area contributed by atoms with Gasteiger partial charge in [-0.1, -0.05) is 0 Å². The van der Waals surface area contributed by atoms with Crippen molar-refractivity contribution >= 4 is 0 Å². The molecule has 4 heteroatoms. The number of nitrogens with zero attached hydrogens (tertiary/aromatic N) is 1. The fraction of sp³-hybridized carbons (Fsp3) is 0.923. The Morgan fingerprint density at radius 3 is 2.71 bits per heavy atom. The van der Waals surface area contributed by atoms with E-state index in [2.05, 4.69) is 6.07 Å². The smallest absolute Gasteiger partial charge is 0.0809 e. The maximum atomic E-state index is 8.34. The molecule has 4 nitrogen and oxygen atoms in total. The third-order valence-electron chi connectivity index (χ3n) is 2.73. The van der Waals surface area contributed by atoms with Crippen molar-refractivity contribution < 1.29 is 14.2 Å². The topological polar surface area (TPSA) is 51.5 Å². The van der Waals surface area contributed by atoms with Gasteiger partial charge in [-0.05, 0) is 32.1 Å². The summed E-state index contributed by atoms with van der Waals surface area (Å²) in [6, 6.07) is 2.13. The van der Waals surface area contributed by atoms with E-state index in [1.807, 2.05) is 0 Å². The summed E-state index contributed by atoms with van der Waals surface area (Å²) in [5, 5.41) is 8.34. The molecule has 1 atom stereocenters. The minimum absolute atomic E-state index is 0.321. The summed E-state index contributed by atoms with van der Waals surface area (Å²) in [4.78, 5) is 0. The molecule has 0 spiro atoms. The molecule has 0 aromatic rings. The monoisotopic (exact) mass is 241 g/mol. The summed E-state index contributed by atoms with van der Waals surface area (Å²) >= 11 is 0. The van der Waals surface area contributed by atoms with Crippen LogP contribution in [-0.4, -0.2) is 39.1 Å². The Bertz CT molecular complexity index is 209. The number of nitriles is 1. The van der Waals surface area contributed by atoms with Gasteiger partial charge < -0.3 is 14.2 Å². The number of ether oxygens (including phenoxy) is 3. The molecule has 1 heterocycles. The van der Waals surface area contributed by atoms with Crippen molar-refractivity contribution in [1.29, 1.82) is 5.26 Å². The molecule has 1 aliphatic heterocycles. The van der Waals surface area contributed by atoms with Crippen molar-refractivity contribution in [2.75, 3.05) is 33.0 Å². The number of unbranched alkanes of at least 4 members (excludes halogenated alkanes) is 2. The average Bonchev–Trinajstić information content (AvgIpc) is 2.85. The van der Waals surface area contributed by atoms with Crippen molar-refractivity contribution in [3.05, 3.63) is 0 Å². The first-order valence-electron chi connectivity index (χ1n) is 6.57. The SMILES string of the molecule is N#CCCCCOCCCOCC1CCCO1. The number of hydrogen-bond donors (Lipinski definition) is 0. The Morgan fingerprint density at radius 1 is 1.12 bits per heavy atom. The van der Waals surface area contributed by atoms with E-state index in [1.54, 1.807) is 0 Å². The maximum absolute atomic E-state index is 8.34. The second-order valence-electron chi connectivity index (χ2n) is 4.29. The Hall–Kier alpha value is -0.630. The molecule has 0 saturated carbocycles. The summed E-state index contributed by atoms with van der Waals surface area (Å²) in [5.41, 5.74) is 0. The Kier molecular flexibility index (Phi) is 8.93. The van der Waals surface area contributed by atoms with E-state index < -0.39 is 0 Å². The molecule has 0 aromatic carbocycles. The van der Waals surface area contributed by atoms with Crippen LogP contribution in [0.1, 0.15) is 38.5 Å². The highest BCUT2D eigenvalue weighted by Gasteiger charge is 2.14. The van der Waals surface area contributed by atoms with E-state index in [1.165, 1.54) is 6.42 Å². The van der Waals surface area contributed by atoms with Crippen LogP contribution in [0.15, 0.2) is 0 Å². The molecular weight excluding hydrogens is 218 g/mol. The van der Waals surface area contributed by atoms with E-state index in [4.69, 9.17) is 19.5 Å². The molecule has 1 saturated heterocycles. The summed E-state index contributed by atoms with van der Waals surface area (Å²) in [7, 11) is 0. The average molecular weight is 241 g/mol. The van der Waals surface area contributed by atoms with E-state index in [0.29, 0.717) is 12.5 Å². The quantitative estimate of drug-likeness (QED) is 0.551. The van der Waals surface area contributed by atoms with Crippen molar-refractivity contribution in [2.45, 2.75) is 44.6 Å². The van der Waals surface area contributed by atoms with E-state index >= 15 is 0 Å². The van der Waals surface area contributed by atoms with E-state index in [0.717, 1.165) is 58.7 Å². The van der Waals surface area contributed by atoms with Crippen molar-refractivity contribution in [3.8, 4) is 6.07 Å². The molecule has 1 rings (SSSR count). The third kappa shape index (κ3) is 8.14. The zero-order valence-corrected chi connectivity index (χ0v) is 10.5. The lowest BCUT2D eigenvalue weighted by Gasteiger charge is -2.09. The van der Waals surface area contributed by atoms with Gasteiger partial charge in [0.15, 0.2) is 0 Å². The molecule has 0 bridgehead atoms. The van der Waals surface area contributed by atoms with Gasteiger partial charge in [0.05, 0.1) is 18.8 Å². The van der Waals surface area contributed by atoms with Gasteiger partial charge in [0.1, 0.15) is 0 Å². The second-order valence-corrected chi connectivity index (χ2v) is 4.29. The highest BCUT2D eigenvalue weighted by atomic mass is 16.5. The van der Waals surface area contributed by atoms with Gasteiger partial charge in [0, 0.05) is 32.8 Å². The number of rotatable bonds is 10. The highest BCUT2D eigenvalue weighted by Crippen LogP contribution is 2.11. The summed E-state index contributed by atoms with van der Waals surface area (Å²) in [5.74, 6) is 0. The second kappa shape index (κ2) is 10.5. The fourth-order valence-electron chi connectivity index (χ4n) is 1.76. The van der Waals surface area contributed by atoms with Crippen LogP contribution in [-0.2, 0) is 14.2 Å². The molecule has 1 unspecified atom stereocenters. The standard InChI is InChI=1S/C13H23NO3/c14-7-2-1-3-8-15-9-5-10-16-12-13-6-4-11-17-13/h13H,1-6,8-12H2. The summed E-state index contributed by atoms with van der Waals surface area (Å²) in [6.45, 7) is 3.87. The summed E-state index contributed by atoms with van der Waals surface area (Å²) in [6.07, 6.45) is 6.10.